The number of carbonyl (C=O) groups is 2. The fraction of sp³-hybridized carbons (Fsp3) is 0.636. The standard InChI is InChI=1S/C22H30BrNO7/c1-21(2,3)31-20(26)24-7-5-22(6-8-24)13-17(25)15-11-16(23)19(12-18(15)30-22)29-14-28-10-9-27-4/h11-12H,5-10,13-14H2,1-4H3. The first-order valence-corrected chi connectivity index (χ1v) is 11.1. The van der Waals surface area contributed by atoms with Gasteiger partial charge in [0.2, 0.25) is 0 Å². The Morgan fingerprint density at radius 2 is 1.94 bits per heavy atom. The van der Waals surface area contributed by atoms with Gasteiger partial charge in [-0.15, -0.1) is 0 Å². The highest BCUT2D eigenvalue weighted by molar-refractivity contribution is 9.10. The molecule has 1 aromatic rings. The van der Waals surface area contributed by atoms with Crippen molar-refractivity contribution in [1.82, 2.24) is 4.90 Å². The number of benzene rings is 1. The molecular weight excluding hydrogens is 470 g/mol. The number of rotatable bonds is 6. The third-order valence-electron chi connectivity index (χ3n) is 5.20. The van der Waals surface area contributed by atoms with Gasteiger partial charge in [0.1, 0.15) is 22.7 Å². The number of Topliss-reactive ketones (excluding diaryl/α,β-unsaturated/α-hetero) is 1. The van der Waals surface area contributed by atoms with Crippen molar-refractivity contribution in [2.75, 3.05) is 40.2 Å². The van der Waals surface area contributed by atoms with Crippen LogP contribution in [0.1, 0.15) is 50.4 Å². The van der Waals surface area contributed by atoms with Crippen molar-refractivity contribution in [2.24, 2.45) is 0 Å². The van der Waals surface area contributed by atoms with E-state index in [0.717, 1.165) is 0 Å². The Morgan fingerprint density at radius 1 is 1.23 bits per heavy atom. The molecule has 8 nitrogen and oxygen atoms in total. The molecule has 1 spiro atoms. The molecule has 0 N–H and O–H groups in total. The van der Waals surface area contributed by atoms with E-state index in [1.807, 2.05) is 20.8 Å². The zero-order valence-corrected chi connectivity index (χ0v) is 20.1. The molecule has 2 aliphatic heterocycles. The number of hydrogen-bond acceptors (Lipinski definition) is 7. The average molecular weight is 500 g/mol. The molecule has 0 bridgehead atoms. The second kappa shape index (κ2) is 9.75. The largest absolute Gasteiger partial charge is 0.486 e. The number of carbonyl (C=O) groups excluding carboxylic acids is 2. The lowest BCUT2D eigenvalue weighted by Crippen LogP contribution is -2.53. The molecule has 3 rings (SSSR count). The van der Waals surface area contributed by atoms with Crippen LogP contribution in [0.3, 0.4) is 0 Å². The summed E-state index contributed by atoms with van der Waals surface area (Å²) in [5.74, 6) is 1.06. The zero-order valence-electron chi connectivity index (χ0n) is 18.5. The fourth-order valence-electron chi connectivity index (χ4n) is 3.61. The highest BCUT2D eigenvalue weighted by Crippen LogP contribution is 2.43. The van der Waals surface area contributed by atoms with Crippen LogP contribution in [0, 0.1) is 0 Å². The summed E-state index contributed by atoms with van der Waals surface area (Å²) in [6, 6.07) is 3.45. The predicted molar refractivity (Wildman–Crippen MR) is 117 cm³/mol. The lowest BCUT2D eigenvalue weighted by Gasteiger charge is -2.44. The minimum Gasteiger partial charge on any atom is -0.486 e. The molecule has 2 aliphatic rings. The van der Waals surface area contributed by atoms with Gasteiger partial charge in [-0.2, -0.15) is 0 Å². The van der Waals surface area contributed by atoms with Crippen LogP contribution in [0.4, 0.5) is 4.79 Å². The maximum Gasteiger partial charge on any atom is 0.410 e. The lowest BCUT2D eigenvalue weighted by molar-refractivity contribution is -0.0233. The number of amides is 1. The molecule has 0 aliphatic carbocycles. The molecule has 1 saturated heterocycles. The van der Waals surface area contributed by atoms with E-state index in [9.17, 15) is 9.59 Å². The van der Waals surface area contributed by atoms with Gasteiger partial charge in [0.15, 0.2) is 12.6 Å². The van der Waals surface area contributed by atoms with Crippen LogP contribution in [0.25, 0.3) is 0 Å². The van der Waals surface area contributed by atoms with Gasteiger partial charge in [0, 0.05) is 39.1 Å². The molecule has 2 heterocycles. The lowest BCUT2D eigenvalue weighted by atomic mass is 9.82. The summed E-state index contributed by atoms with van der Waals surface area (Å²) in [5.41, 5.74) is -0.637. The molecule has 9 heteroatoms. The number of likely N-dealkylation sites (tertiary alicyclic amines) is 1. The molecule has 0 atom stereocenters. The van der Waals surface area contributed by atoms with E-state index < -0.39 is 11.2 Å². The number of methoxy groups -OCH3 is 1. The molecule has 0 aromatic heterocycles. The van der Waals surface area contributed by atoms with Crippen molar-refractivity contribution < 1.29 is 33.3 Å². The Hall–Kier alpha value is -1.84. The number of piperidine rings is 1. The highest BCUT2D eigenvalue weighted by atomic mass is 79.9. The minimum atomic E-state index is -0.622. The number of ether oxygens (including phenoxy) is 5. The molecule has 1 amide bonds. The molecule has 31 heavy (non-hydrogen) atoms. The molecule has 0 radical (unpaired) electrons. The third-order valence-corrected chi connectivity index (χ3v) is 5.82. The van der Waals surface area contributed by atoms with Crippen LogP contribution in [0.2, 0.25) is 0 Å². The average Bonchev–Trinajstić information content (AvgIpc) is 2.68. The van der Waals surface area contributed by atoms with Crippen molar-refractivity contribution >= 4 is 27.8 Å². The molecular formula is C22H30BrNO7. The summed E-state index contributed by atoms with van der Waals surface area (Å²) >= 11 is 3.45. The minimum absolute atomic E-state index is 0.0237. The Bertz CT molecular complexity index is 813. The Balaban J connectivity index is 1.66. The second-order valence-corrected chi connectivity index (χ2v) is 9.65. The van der Waals surface area contributed by atoms with Gasteiger partial charge in [-0.25, -0.2) is 4.79 Å². The predicted octanol–water partition coefficient (Wildman–Crippen LogP) is 4.18. The molecule has 0 saturated carbocycles. The van der Waals surface area contributed by atoms with E-state index in [4.69, 9.17) is 23.7 Å². The van der Waals surface area contributed by atoms with Crippen LogP contribution in [0.15, 0.2) is 16.6 Å². The summed E-state index contributed by atoms with van der Waals surface area (Å²) in [6.07, 6.45) is 1.07. The summed E-state index contributed by atoms with van der Waals surface area (Å²) in [6.45, 7) is 7.45. The highest BCUT2D eigenvalue weighted by Gasteiger charge is 2.44. The van der Waals surface area contributed by atoms with Gasteiger partial charge < -0.3 is 28.6 Å². The fourth-order valence-corrected chi connectivity index (χ4v) is 4.07. The first-order valence-electron chi connectivity index (χ1n) is 10.4. The number of halogens is 1. The normalized spacial score (nSPS) is 17.8. The van der Waals surface area contributed by atoms with Crippen LogP contribution < -0.4 is 9.47 Å². The third kappa shape index (κ3) is 6.11. The Kier molecular flexibility index (Phi) is 7.49. The van der Waals surface area contributed by atoms with Gasteiger partial charge in [0.05, 0.1) is 29.7 Å². The Morgan fingerprint density at radius 3 is 2.58 bits per heavy atom. The van der Waals surface area contributed by atoms with Gasteiger partial charge >= 0.3 is 6.09 Å². The van der Waals surface area contributed by atoms with Crippen LogP contribution in [0.5, 0.6) is 11.5 Å². The molecule has 0 unspecified atom stereocenters. The van der Waals surface area contributed by atoms with Crippen molar-refractivity contribution in [3.05, 3.63) is 22.2 Å². The quantitative estimate of drug-likeness (QED) is 0.428. The van der Waals surface area contributed by atoms with Crippen LogP contribution in [-0.2, 0) is 14.2 Å². The van der Waals surface area contributed by atoms with E-state index in [0.29, 0.717) is 60.7 Å². The van der Waals surface area contributed by atoms with Crippen molar-refractivity contribution in [2.45, 2.75) is 51.2 Å². The van der Waals surface area contributed by atoms with E-state index in [2.05, 4.69) is 15.9 Å². The molecule has 1 aromatic carbocycles. The number of nitrogens with zero attached hydrogens (tertiary/aromatic N) is 1. The van der Waals surface area contributed by atoms with E-state index in [1.165, 1.54) is 0 Å². The smallest absolute Gasteiger partial charge is 0.410 e. The van der Waals surface area contributed by atoms with Gasteiger partial charge in [-0.3, -0.25) is 4.79 Å². The van der Waals surface area contributed by atoms with E-state index >= 15 is 0 Å². The van der Waals surface area contributed by atoms with E-state index in [-0.39, 0.29) is 25.1 Å². The van der Waals surface area contributed by atoms with E-state index in [1.54, 1.807) is 24.1 Å². The Labute approximate surface area is 191 Å². The van der Waals surface area contributed by atoms with Crippen molar-refractivity contribution in [3.63, 3.8) is 0 Å². The van der Waals surface area contributed by atoms with Crippen molar-refractivity contribution in [1.29, 1.82) is 0 Å². The number of ketones is 1. The molecule has 1 fully saturated rings. The SMILES string of the molecule is COCCOCOc1cc2c(cc1Br)C(=O)CC1(CCN(C(=O)OC(C)(C)C)CC1)O2. The maximum atomic E-state index is 12.9. The topological polar surface area (TPSA) is 83.5 Å². The zero-order chi connectivity index (χ0) is 22.6. The van der Waals surface area contributed by atoms with Gasteiger partial charge in [0.25, 0.3) is 0 Å². The summed E-state index contributed by atoms with van der Waals surface area (Å²) < 4.78 is 28.4. The maximum absolute atomic E-state index is 12.9. The number of hydrogen-bond donors (Lipinski definition) is 0. The van der Waals surface area contributed by atoms with Gasteiger partial charge in [-0.05, 0) is 42.8 Å². The summed E-state index contributed by atoms with van der Waals surface area (Å²) in [4.78, 5) is 26.9. The van der Waals surface area contributed by atoms with Gasteiger partial charge in [-0.1, -0.05) is 0 Å². The van der Waals surface area contributed by atoms with Crippen LogP contribution in [-0.4, -0.2) is 68.2 Å². The van der Waals surface area contributed by atoms with Crippen molar-refractivity contribution in [3.8, 4) is 11.5 Å². The molecule has 172 valence electrons. The summed E-state index contributed by atoms with van der Waals surface area (Å²) in [5, 5.41) is 0. The summed E-state index contributed by atoms with van der Waals surface area (Å²) in [7, 11) is 1.60. The number of fused-ring (bicyclic) bond motifs is 1. The second-order valence-electron chi connectivity index (χ2n) is 8.79. The first-order chi connectivity index (χ1) is 14.6. The van der Waals surface area contributed by atoms with Crippen LogP contribution >= 0.6 is 15.9 Å². The monoisotopic (exact) mass is 499 g/mol. The first kappa shape index (κ1) is 23.8.